The lowest BCUT2D eigenvalue weighted by atomic mass is 10.0. The predicted octanol–water partition coefficient (Wildman–Crippen LogP) is 4.76. The Morgan fingerprint density at radius 3 is 1.58 bits per heavy atom. The topological polar surface area (TPSA) is 26.0 Å². The Hall–Kier alpha value is -1.60. The van der Waals surface area contributed by atoms with Crippen LogP contribution < -0.4 is 5.73 Å². The fraction of sp³-hybridized carbons (Fsp3) is 0.333. The normalized spacial score (nSPS) is 13.7. The summed E-state index contributed by atoms with van der Waals surface area (Å²) < 4.78 is 0. The summed E-state index contributed by atoms with van der Waals surface area (Å²) in [6, 6.07) is 18.7. The SMILES string of the molecule is C1CCCC1.NCc1ccc(-c2ccccc2)cc1. The molecule has 0 saturated heterocycles. The third kappa shape index (κ3) is 4.53. The van der Waals surface area contributed by atoms with Crippen molar-refractivity contribution in [3.63, 3.8) is 0 Å². The molecule has 0 aromatic heterocycles. The molecule has 1 aliphatic rings. The average Bonchev–Trinajstić information content (AvgIpc) is 3.08. The molecule has 0 heterocycles. The number of hydrogen-bond acceptors (Lipinski definition) is 1. The van der Waals surface area contributed by atoms with Crippen LogP contribution in [0.1, 0.15) is 37.7 Å². The summed E-state index contributed by atoms with van der Waals surface area (Å²) >= 11 is 0. The second-order valence-electron chi connectivity index (χ2n) is 5.03. The third-order valence-corrected chi connectivity index (χ3v) is 3.55. The van der Waals surface area contributed by atoms with Gasteiger partial charge in [0.15, 0.2) is 0 Å². The van der Waals surface area contributed by atoms with Crippen molar-refractivity contribution in [2.24, 2.45) is 5.73 Å². The predicted molar refractivity (Wildman–Crippen MR) is 82.9 cm³/mol. The second-order valence-corrected chi connectivity index (χ2v) is 5.03. The van der Waals surface area contributed by atoms with Gasteiger partial charge < -0.3 is 5.73 Å². The molecule has 19 heavy (non-hydrogen) atoms. The van der Waals surface area contributed by atoms with Gasteiger partial charge in [0.25, 0.3) is 0 Å². The quantitative estimate of drug-likeness (QED) is 0.820. The first-order valence-corrected chi connectivity index (χ1v) is 7.24. The lowest BCUT2D eigenvalue weighted by Gasteiger charge is -2.02. The molecule has 1 saturated carbocycles. The molecular weight excluding hydrogens is 230 g/mol. The molecule has 3 rings (SSSR count). The van der Waals surface area contributed by atoms with E-state index < -0.39 is 0 Å². The molecule has 0 bridgehead atoms. The summed E-state index contributed by atoms with van der Waals surface area (Å²) in [5.41, 5.74) is 9.19. The molecule has 1 nitrogen and oxygen atoms in total. The maximum absolute atomic E-state index is 5.54. The minimum absolute atomic E-state index is 0.606. The summed E-state index contributed by atoms with van der Waals surface area (Å²) in [4.78, 5) is 0. The van der Waals surface area contributed by atoms with Crippen molar-refractivity contribution in [2.45, 2.75) is 38.6 Å². The van der Waals surface area contributed by atoms with Crippen LogP contribution in [0.3, 0.4) is 0 Å². The smallest absolute Gasteiger partial charge is 0.0178 e. The van der Waals surface area contributed by atoms with Crippen LogP contribution in [-0.2, 0) is 6.54 Å². The van der Waals surface area contributed by atoms with Crippen LogP contribution in [-0.4, -0.2) is 0 Å². The molecule has 1 fully saturated rings. The molecule has 1 heteroatoms. The van der Waals surface area contributed by atoms with Gasteiger partial charge in [0.05, 0.1) is 0 Å². The van der Waals surface area contributed by atoms with Gasteiger partial charge in [0.2, 0.25) is 0 Å². The Kier molecular flexibility index (Phi) is 5.64. The van der Waals surface area contributed by atoms with Gasteiger partial charge in [0.1, 0.15) is 0 Å². The standard InChI is InChI=1S/C13H13N.C5H10/c14-10-11-6-8-13(9-7-11)12-4-2-1-3-5-12;1-2-4-5-3-1/h1-9H,10,14H2;1-5H2. The molecule has 1 aliphatic carbocycles. The fourth-order valence-electron chi connectivity index (χ4n) is 2.35. The zero-order chi connectivity index (χ0) is 13.3. The van der Waals surface area contributed by atoms with Crippen LogP contribution >= 0.6 is 0 Å². The van der Waals surface area contributed by atoms with Crippen LogP contribution in [0.4, 0.5) is 0 Å². The van der Waals surface area contributed by atoms with Gasteiger partial charge in [-0.25, -0.2) is 0 Å². The first-order valence-electron chi connectivity index (χ1n) is 7.24. The lowest BCUT2D eigenvalue weighted by Crippen LogP contribution is -1.95. The highest BCUT2D eigenvalue weighted by atomic mass is 14.5. The van der Waals surface area contributed by atoms with Crippen molar-refractivity contribution in [1.29, 1.82) is 0 Å². The molecule has 0 amide bonds. The maximum Gasteiger partial charge on any atom is 0.0178 e. The van der Waals surface area contributed by atoms with Crippen LogP contribution in [0.2, 0.25) is 0 Å². The Morgan fingerprint density at radius 2 is 1.11 bits per heavy atom. The highest BCUT2D eigenvalue weighted by molar-refractivity contribution is 5.63. The number of benzene rings is 2. The maximum atomic E-state index is 5.54. The van der Waals surface area contributed by atoms with E-state index in [1.807, 2.05) is 18.2 Å². The van der Waals surface area contributed by atoms with Crippen molar-refractivity contribution in [3.05, 3.63) is 60.2 Å². The van der Waals surface area contributed by atoms with Gasteiger partial charge in [-0.1, -0.05) is 86.7 Å². The molecular formula is C18H23N. The van der Waals surface area contributed by atoms with Gasteiger partial charge >= 0.3 is 0 Å². The summed E-state index contributed by atoms with van der Waals surface area (Å²) in [6.45, 7) is 0.606. The Morgan fingerprint density at radius 1 is 0.632 bits per heavy atom. The zero-order valence-electron chi connectivity index (χ0n) is 11.5. The van der Waals surface area contributed by atoms with Crippen molar-refractivity contribution < 1.29 is 0 Å². The molecule has 0 spiro atoms. The van der Waals surface area contributed by atoms with Crippen molar-refractivity contribution in [1.82, 2.24) is 0 Å². The summed E-state index contributed by atoms with van der Waals surface area (Å²) in [5.74, 6) is 0. The van der Waals surface area contributed by atoms with E-state index in [1.54, 1.807) is 0 Å². The van der Waals surface area contributed by atoms with Crippen molar-refractivity contribution in [3.8, 4) is 11.1 Å². The first-order chi connectivity index (χ1) is 9.40. The highest BCUT2D eigenvalue weighted by Crippen LogP contribution is 2.18. The monoisotopic (exact) mass is 253 g/mol. The lowest BCUT2D eigenvalue weighted by molar-refractivity contribution is 0.886. The Balaban J connectivity index is 0.000000224. The number of nitrogens with two attached hydrogens (primary N) is 1. The van der Waals surface area contributed by atoms with E-state index in [9.17, 15) is 0 Å². The van der Waals surface area contributed by atoms with E-state index in [0.717, 1.165) is 0 Å². The summed E-state index contributed by atoms with van der Waals surface area (Å²) in [5, 5.41) is 0. The van der Waals surface area contributed by atoms with E-state index in [0.29, 0.717) is 6.54 Å². The van der Waals surface area contributed by atoms with Gasteiger partial charge in [-0.2, -0.15) is 0 Å². The van der Waals surface area contributed by atoms with E-state index in [2.05, 4.69) is 36.4 Å². The van der Waals surface area contributed by atoms with Gasteiger partial charge in [-0.05, 0) is 16.7 Å². The molecule has 2 aromatic carbocycles. The fourth-order valence-corrected chi connectivity index (χ4v) is 2.35. The van der Waals surface area contributed by atoms with Crippen LogP contribution in [0, 0.1) is 0 Å². The minimum Gasteiger partial charge on any atom is -0.326 e. The zero-order valence-corrected chi connectivity index (χ0v) is 11.5. The first kappa shape index (κ1) is 13.8. The van der Waals surface area contributed by atoms with Crippen molar-refractivity contribution in [2.75, 3.05) is 0 Å². The van der Waals surface area contributed by atoms with E-state index in [4.69, 9.17) is 5.73 Å². The van der Waals surface area contributed by atoms with E-state index in [1.165, 1.54) is 48.8 Å². The molecule has 0 radical (unpaired) electrons. The number of rotatable bonds is 2. The second kappa shape index (κ2) is 7.75. The number of hydrogen-bond donors (Lipinski definition) is 1. The van der Waals surface area contributed by atoms with E-state index in [-0.39, 0.29) is 0 Å². The van der Waals surface area contributed by atoms with Gasteiger partial charge in [-0.15, -0.1) is 0 Å². The van der Waals surface area contributed by atoms with Crippen LogP contribution in [0.15, 0.2) is 54.6 Å². The molecule has 0 atom stereocenters. The van der Waals surface area contributed by atoms with Gasteiger partial charge in [-0.3, -0.25) is 0 Å². The van der Waals surface area contributed by atoms with Crippen LogP contribution in [0.25, 0.3) is 11.1 Å². The van der Waals surface area contributed by atoms with Gasteiger partial charge in [0, 0.05) is 6.54 Å². The molecule has 2 N–H and O–H groups in total. The van der Waals surface area contributed by atoms with Crippen LogP contribution in [0.5, 0.6) is 0 Å². The Bertz CT molecular complexity index is 447. The van der Waals surface area contributed by atoms with E-state index >= 15 is 0 Å². The summed E-state index contributed by atoms with van der Waals surface area (Å²) in [7, 11) is 0. The Labute approximate surface area is 116 Å². The molecule has 0 aliphatic heterocycles. The molecule has 0 unspecified atom stereocenters. The largest absolute Gasteiger partial charge is 0.326 e. The summed E-state index contributed by atoms with van der Waals surface area (Å²) in [6.07, 6.45) is 7.50. The highest BCUT2D eigenvalue weighted by Gasteiger charge is 1.96. The molecule has 2 aromatic rings. The minimum atomic E-state index is 0.606. The molecule has 100 valence electrons. The van der Waals surface area contributed by atoms with Crippen molar-refractivity contribution >= 4 is 0 Å². The third-order valence-electron chi connectivity index (χ3n) is 3.55. The average molecular weight is 253 g/mol.